The summed E-state index contributed by atoms with van der Waals surface area (Å²) in [7, 11) is 0. The van der Waals surface area contributed by atoms with Crippen LogP contribution in [0.5, 0.6) is 0 Å². The minimum absolute atomic E-state index is 0.110. The Morgan fingerprint density at radius 3 is 0.971 bits per heavy atom. The largest absolute Gasteiger partial charge is 0.449 e. The second-order valence-corrected chi connectivity index (χ2v) is 7.60. The first-order valence-corrected chi connectivity index (χ1v) is 11.4. The molecular formula is C29H26N2O4. The molecule has 6 heteroatoms. The van der Waals surface area contributed by atoms with E-state index in [0.717, 1.165) is 0 Å². The second-order valence-electron chi connectivity index (χ2n) is 7.60. The standard InChI is InChI=1S/C29H26N2O4/c32-28(30(24-14-5-1-6-15-24)25-16-7-2-8-17-25)34-22-13-23-35-29(33)31(26-18-9-3-10-19-26)27-20-11-4-12-21-27/h1-12,14-21H,13,22-23H2. The highest BCUT2D eigenvalue weighted by Crippen LogP contribution is 2.27. The van der Waals surface area contributed by atoms with Crippen molar-refractivity contribution in [3.8, 4) is 0 Å². The fraction of sp³-hybridized carbons (Fsp3) is 0.103. The van der Waals surface area contributed by atoms with Gasteiger partial charge in [-0.1, -0.05) is 72.8 Å². The molecule has 0 heterocycles. The Labute approximate surface area is 204 Å². The van der Waals surface area contributed by atoms with Crippen LogP contribution in [0.3, 0.4) is 0 Å². The molecule has 35 heavy (non-hydrogen) atoms. The summed E-state index contributed by atoms with van der Waals surface area (Å²) in [5.41, 5.74) is 2.82. The van der Waals surface area contributed by atoms with Crippen molar-refractivity contribution in [2.45, 2.75) is 6.42 Å². The van der Waals surface area contributed by atoms with Crippen LogP contribution in [0, 0.1) is 0 Å². The molecule has 0 saturated carbocycles. The quantitative estimate of drug-likeness (QED) is 0.255. The first kappa shape index (κ1) is 23.6. The zero-order chi connectivity index (χ0) is 24.3. The fourth-order valence-corrected chi connectivity index (χ4v) is 3.54. The van der Waals surface area contributed by atoms with Gasteiger partial charge in [0.15, 0.2) is 0 Å². The highest BCUT2D eigenvalue weighted by Gasteiger charge is 2.21. The van der Waals surface area contributed by atoms with Gasteiger partial charge in [-0.25, -0.2) is 19.4 Å². The molecule has 4 rings (SSSR count). The van der Waals surface area contributed by atoms with Crippen molar-refractivity contribution >= 4 is 34.9 Å². The molecular weight excluding hydrogens is 440 g/mol. The lowest BCUT2D eigenvalue weighted by Crippen LogP contribution is -2.28. The maximum absolute atomic E-state index is 12.9. The molecule has 0 aliphatic carbocycles. The fourth-order valence-electron chi connectivity index (χ4n) is 3.54. The Balaban J connectivity index is 1.34. The predicted molar refractivity (Wildman–Crippen MR) is 137 cm³/mol. The average molecular weight is 467 g/mol. The summed E-state index contributed by atoms with van der Waals surface area (Å²) in [6.45, 7) is 0.220. The summed E-state index contributed by atoms with van der Waals surface area (Å²) in [6, 6.07) is 37.2. The highest BCUT2D eigenvalue weighted by molar-refractivity contribution is 5.96. The third-order valence-corrected chi connectivity index (χ3v) is 5.16. The molecule has 4 aromatic rings. The van der Waals surface area contributed by atoms with Crippen LogP contribution in [0.2, 0.25) is 0 Å². The van der Waals surface area contributed by atoms with Crippen molar-refractivity contribution in [2.75, 3.05) is 23.0 Å². The predicted octanol–water partition coefficient (Wildman–Crippen LogP) is 7.33. The van der Waals surface area contributed by atoms with E-state index >= 15 is 0 Å². The van der Waals surface area contributed by atoms with Crippen LogP contribution in [-0.4, -0.2) is 25.4 Å². The smallest absolute Gasteiger partial charge is 0.418 e. The molecule has 2 amide bonds. The molecule has 176 valence electrons. The van der Waals surface area contributed by atoms with E-state index in [1.165, 1.54) is 9.80 Å². The van der Waals surface area contributed by atoms with Gasteiger partial charge in [-0.2, -0.15) is 0 Å². The third kappa shape index (κ3) is 6.26. The van der Waals surface area contributed by atoms with E-state index in [-0.39, 0.29) is 13.2 Å². The maximum Gasteiger partial charge on any atom is 0.418 e. The van der Waals surface area contributed by atoms with Gasteiger partial charge in [0.2, 0.25) is 0 Å². The van der Waals surface area contributed by atoms with E-state index in [2.05, 4.69) is 0 Å². The number of amides is 2. The van der Waals surface area contributed by atoms with Gasteiger partial charge in [0.05, 0.1) is 36.0 Å². The lowest BCUT2D eigenvalue weighted by Gasteiger charge is -2.23. The summed E-state index contributed by atoms with van der Waals surface area (Å²) in [6.07, 6.45) is -0.625. The van der Waals surface area contributed by atoms with E-state index in [4.69, 9.17) is 9.47 Å². The number of benzene rings is 4. The lowest BCUT2D eigenvalue weighted by atomic mass is 10.2. The molecule has 0 spiro atoms. The van der Waals surface area contributed by atoms with Gasteiger partial charge in [0.25, 0.3) is 0 Å². The highest BCUT2D eigenvalue weighted by atomic mass is 16.6. The van der Waals surface area contributed by atoms with Gasteiger partial charge < -0.3 is 9.47 Å². The molecule has 0 atom stereocenters. The van der Waals surface area contributed by atoms with Gasteiger partial charge in [0, 0.05) is 6.42 Å². The number of anilines is 4. The van der Waals surface area contributed by atoms with E-state index in [0.29, 0.717) is 29.2 Å². The number of carbonyl (C=O) groups excluding carboxylic acids is 2. The van der Waals surface area contributed by atoms with Crippen LogP contribution in [0.4, 0.5) is 32.3 Å². The Morgan fingerprint density at radius 2 is 0.714 bits per heavy atom. The molecule has 0 N–H and O–H groups in total. The first-order chi connectivity index (χ1) is 17.2. The van der Waals surface area contributed by atoms with E-state index in [1.807, 2.05) is 121 Å². The number of ether oxygens (including phenoxy) is 2. The molecule has 0 bridgehead atoms. The summed E-state index contributed by atoms with van der Waals surface area (Å²) in [5.74, 6) is 0. The van der Waals surface area contributed by atoms with Gasteiger partial charge in [-0.15, -0.1) is 0 Å². The molecule has 0 unspecified atom stereocenters. The molecule has 4 aromatic carbocycles. The second kappa shape index (κ2) is 12.0. The first-order valence-electron chi connectivity index (χ1n) is 11.4. The Hall–Kier alpha value is -4.58. The molecule has 0 radical (unpaired) electrons. The van der Waals surface area contributed by atoms with Gasteiger partial charge in [0.1, 0.15) is 0 Å². The molecule has 0 aliphatic rings. The Kier molecular flexibility index (Phi) is 8.11. The number of rotatable bonds is 8. The molecule has 0 aromatic heterocycles. The zero-order valence-electron chi connectivity index (χ0n) is 19.2. The average Bonchev–Trinajstić information content (AvgIpc) is 2.91. The van der Waals surface area contributed by atoms with Crippen molar-refractivity contribution in [3.05, 3.63) is 121 Å². The van der Waals surface area contributed by atoms with E-state index < -0.39 is 12.2 Å². The van der Waals surface area contributed by atoms with Crippen LogP contribution in [0.25, 0.3) is 0 Å². The summed E-state index contributed by atoms with van der Waals surface area (Å²) >= 11 is 0. The number of hydrogen-bond acceptors (Lipinski definition) is 4. The number of carbonyl (C=O) groups is 2. The molecule has 0 saturated heterocycles. The number of para-hydroxylation sites is 4. The van der Waals surface area contributed by atoms with Crippen LogP contribution >= 0.6 is 0 Å². The SMILES string of the molecule is O=C(OCCCOC(=O)N(c1ccccc1)c1ccccc1)N(c1ccccc1)c1ccccc1. The van der Waals surface area contributed by atoms with E-state index in [9.17, 15) is 9.59 Å². The normalized spacial score (nSPS) is 10.3. The zero-order valence-corrected chi connectivity index (χ0v) is 19.2. The van der Waals surface area contributed by atoms with Gasteiger partial charge in [-0.05, 0) is 48.5 Å². The van der Waals surface area contributed by atoms with Crippen molar-refractivity contribution in [3.63, 3.8) is 0 Å². The van der Waals surface area contributed by atoms with E-state index in [1.54, 1.807) is 0 Å². The van der Waals surface area contributed by atoms with Crippen LogP contribution in [-0.2, 0) is 9.47 Å². The van der Waals surface area contributed by atoms with Gasteiger partial charge in [-0.3, -0.25) is 0 Å². The summed E-state index contributed by atoms with van der Waals surface area (Å²) in [5, 5.41) is 0. The van der Waals surface area contributed by atoms with Crippen molar-refractivity contribution in [2.24, 2.45) is 0 Å². The minimum atomic E-state index is -0.496. The van der Waals surface area contributed by atoms with Crippen molar-refractivity contribution in [1.82, 2.24) is 0 Å². The molecule has 0 fully saturated rings. The number of nitrogens with zero attached hydrogens (tertiary/aromatic N) is 2. The topological polar surface area (TPSA) is 59.1 Å². The van der Waals surface area contributed by atoms with Gasteiger partial charge >= 0.3 is 12.2 Å². The molecule has 0 aliphatic heterocycles. The van der Waals surface area contributed by atoms with Crippen LogP contribution in [0.15, 0.2) is 121 Å². The van der Waals surface area contributed by atoms with Crippen LogP contribution < -0.4 is 9.80 Å². The maximum atomic E-state index is 12.9. The minimum Gasteiger partial charge on any atom is -0.449 e. The molecule has 6 nitrogen and oxygen atoms in total. The summed E-state index contributed by atoms with van der Waals surface area (Å²) < 4.78 is 11.0. The van der Waals surface area contributed by atoms with Crippen LogP contribution in [0.1, 0.15) is 6.42 Å². The monoisotopic (exact) mass is 466 g/mol. The third-order valence-electron chi connectivity index (χ3n) is 5.16. The lowest BCUT2D eigenvalue weighted by molar-refractivity contribution is 0.128. The summed E-state index contributed by atoms with van der Waals surface area (Å²) in [4.78, 5) is 28.8. The van der Waals surface area contributed by atoms with Crippen molar-refractivity contribution < 1.29 is 19.1 Å². The van der Waals surface area contributed by atoms with Crippen molar-refractivity contribution in [1.29, 1.82) is 0 Å². The Bertz CT molecular complexity index is 1030. The Morgan fingerprint density at radius 1 is 0.457 bits per heavy atom. The number of hydrogen-bond donors (Lipinski definition) is 0.